The van der Waals surface area contributed by atoms with Crippen molar-refractivity contribution in [3.8, 4) is 11.1 Å². The molecule has 27 heavy (non-hydrogen) atoms. The molecule has 4 aromatic rings. The average Bonchev–Trinajstić information content (AvgIpc) is 3.10. The molecule has 5 nitrogen and oxygen atoms in total. The summed E-state index contributed by atoms with van der Waals surface area (Å²) in [5.41, 5.74) is 2.28. The Morgan fingerprint density at radius 1 is 1.19 bits per heavy atom. The molecule has 0 aliphatic carbocycles. The van der Waals surface area contributed by atoms with Gasteiger partial charge in [-0.3, -0.25) is 9.36 Å². The van der Waals surface area contributed by atoms with Crippen LogP contribution in [0, 0.1) is 0 Å². The van der Waals surface area contributed by atoms with Gasteiger partial charge in [0.15, 0.2) is 0 Å². The highest BCUT2D eigenvalue weighted by Crippen LogP contribution is 2.31. The summed E-state index contributed by atoms with van der Waals surface area (Å²) in [4.78, 5) is 29.1. The van der Waals surface area contributed by atoms with E-state index in [1.165, 1.54) is 34.4 Å². The molecule has 0 aliphatic heterocycles. The van der Waals surface area contributed by atoms with Crippen LogP contribution in [0.1, 0.15) is 15.9 Å². The highest BCUT2D eigenvalue weighted by Gasteiger charge is 2.13. The molecule has 0 atom stereocenters. The Kier molecular flexibility index (Phi) is 4.51. The van der Waals surface area contributed by atoms with Gasteiger partial charge in [-0.25, -0.2) is 4.98 Å². The summed E-state index contributed by atoms with van der Waals surface area (Å²) in [6.45, 7) is 0.221. The van der Waals surface area contributed by atoms with E-state index in [1.54, 1.807) is 24.3 Å². The van der Waals surface area contributed by atoms with E-state index in [0.717, 1.165) is 11.1 Å². The van der Waals surface area contributed by atoms with Gasteiger partial charge in [0, 0.05) is 16.0 Å². The molecular weight excluding hydrogens is 384 g/mol. The molecule has 2 aromatic heterocycles. The van der Waals surface area contributed by atoms with Gasteiger partial charge in [-0.05, 0) is 34.9 Å². The van der Waals surface area contributed by atoms with Gasteiger partial charge in [0.1, 0.15) is 4.83 Å². The largest absolute Gasteiger partial charge is 0.545 e. The Bertz CT molecular complexity index is 1210. The van der Waals surface area contributed by atoms with Crippen LogP contribution in [0.2, 0.25) is 5.02 Å². The van der Waals surface area contributed by atoms with Gasteiger partial charge in [0.2, 0.25) is 0 Å². The fourth-order valence-electron chi connectivity index (χ4n) is 2.92. The van der Waals surface area contributed by atoms with Crippen LogP contribution in [0.25, 0.3) is 21.3 Å². The van der Waals surface area contributed by atoms with Gasteiger partial charge in [0.05, 0.1) is 24.2 Å². The summed E-state index contributed by atoms with van der Waals surface area (Å²) >= 11 is 7.36. The zero-order chi connectivity index (χ0) is 19.0. The number of halogens is 1. The Hall–Kier alpha value is -2.96. The maximum absolute atomic E-state index is 13.0. The molecule has 0 radical (unpaired) electrons. The van der Waals surface area contributed by atoms with Crippen molar-refractivity contribution < 1.29 is 9.90 Å². The zero-order valence-electron chi connectivity index (χ0n) is 13.9. The average molecular weight is 396 g/mol. The van der Waals surface area contributed by atoms with E-state index < -0.39 is 5.97 Å². The quantitative estimate of drug-likeness (QED) is 0.531. The van der Waals surface area contributed by atoms with Crippen LogP contribution in [0.4, 0.5) is 0 Å². The first-order chi connectivity index (χ1) is 13.0. The summed E-state index contributed by atoms with van der Waals surface area (Å²) in [7, 11) is 0. The van der Waals surface area contributed by atoms with E-state index in [0.29, 0.717) is 20.8 Å². The monoisotopic (exact) mass is 395 g/mol. The van der Waals surface area contributed by atoms with Crippen LogP contribution >= 0.6 is 22.9 Å². The third-order valence-corrected chi connectivity index (χ3v) is 5.37. The molecule has 0 unspecified atom stereocenters. The standard InChI is InChI=1S/C20H13ClN2O3S/c21-15-6-4-13(5-7-15)16-10-27-18-17(16)19(24)23(11-22-18)9-12-2-1-3-14(8-12)20(25)26/h1-8,10-11H,9H2,(H,25,26)/p-1. The van der Waals surface area contributed by atoms with Crippen molar-refractivity contribution in [1.82, 2.24) is 9.55 Å². The van der Waals surface area contributed by atoms with Crippen LogP contribution in [-0.4, -0.2) is 15.5 Å². The van der Waals surface area contributed by atoms with Crippen LogP contribution in [0.15, 0.2) is 65.0 Å². The van der Waals surface area contributed by atoms with E-state index in [1.807, 2.05) is 17.5 Å². The van der Waals surface area contributed by atoms with Crippen molar-refractivity contribution in [3.63, 3.8) is 0 Å². The van der Waals surface area contributed by atoms with Crippen LogP contribution < -0.4 is 10.7 Å². The van der Waals surface area contributed by atoms with Crippen LogP contribution in [0.3, 0.4) is 0 Å². The number of hydrogen-bond donors (Lipinski definition) is 0. The van der Waals surface area contributed by atoms with Crippen molar-refractivity contribution in [2.24, 2.45) is 0 Å². The van der Waals surface area contributed by atoms with E-state index in [4.69, 9.17) is 11.6 Å². The Labute approximate surface area is 163 Å². The zero-order valence-corrected chi connectivity index (χ0v) is 15.5. The summed E-state index contributed by atoms with van der Waals surface area (Å²) < 4.78 is 1.48. The van der Waals surface area contributed by atoms with Gasteiger partial charge < -0.3 is 9.90 Å². The lowest BCUT2D eigenvalue weighted by molar-refractivity contribution is -0.255. The number of rotatable bonds is 4. The number of carbonyl (C=O) groups excluding carboxylic acids is 1. The molecule has 0 saturated heterocycles. The Morgan fingerprint density at radius 3 is 2.70 bits per heavy atom. The lowest BCUT2D eigenvalue weighted by Gasteiger charge is -2.09. The number of aromatic carboxylic acids is 1. The van der Waals surface area contributed by atoms with Gasteiger partial charge in [0.25, 0.3) is 5.56 Å². The SMILES string of the molecule is O=C([O-])c1cccc(Cn2cnc3scc(-c4ccc(Cl)cc4)c3c2=O)c1. The van der Waals surface area contributed by atoms with Crippen molar-refractivity contribution in [2.45, 2.75) is 6.54 Å². The third kappa shape index (κ3) is 3.37. The summed E-state index contributed by atoms with van der Waals surface area (Å²) in [6, 6.07) is 13.6. The second-order valence-electron chi connectivity index (χ2n) is 6.00. The van der Waals surface area contributed by atoms with Crippen molar-refractivity contribution in [2.75, 3.05) is 0 Å². The lowest BCUT2D eigenvalue weighted by Crippen LogP contribution is -2.23. The van der Waals surface area contributed by atoms with Gasteiger partial charge >= 0.3 is 0 Å². The number of carboxylic acid groups (broad SMARTS) is 1. The van der Waals surface area contributed by atoms with Crippen molar-refractivity contribution in [3.05, 3.63) is 86.7 Å². The molecule has 7 heteroatoms. The molecule has 134 valence electrons. The Morgan fingerprint density at radius 2 is 1.96 bits per heavy atom. The van der Waals surface area contributed by atoms with E-state index in [-0.39, 0.29) is 17.7 Å². The first-order valence-corrected chi connectivity index (χ1v) is 9.31. The van der Waals surface area contributed by atoms with Crippen LogP contribution in [0.5, 0.6) is 0 Å². The minimum Gasteiger partial charge on any atom is -0.545 e. The summed E-state index contributed by atoms with van der Waals surface area (Å²) in [5, 5.41) is 14.1. The minimum absolute atomic E-state index is 0.0759. The first-order valence-electron chi connectivity index (χ1n) is 8.06. The molecule has 4 rings (SSSR count). The normalized spacial score (nSPS) is 11.0. The molecule has 0 saturated carbocycles. The molecule has 2 aromatic carbocycles. The fraction of sp³-hybridized carbons (Fsp3) is 0.0500. The molecule has 0 fully saturated rings. The second kappa shape index (κ2) is 6.98. The molecular formula is C20H12ClN2O3S-. The molecule has 0 N–H and O–H groups in total. The highest BCUT2D eigenvalue weighted by atomic mass is 35.5. The second-order valence-corrected chi connectivity index (χ2v) is 7.30. The van der Waals surface area contributed by atoms with Gasteiger partial charge in [-0.1, -0.05) is 41.9 Å². The smallest absolute Gasteiger partial charge is 0.263 e. The number of aromatic nitrogens is 2. The number of carboxylic acids is 1. The lowest BCUT2D eigenvalue weighted by atomic mass is 10.1. The van der Waals surface area contributed by atoms with Crippen molar-refractivity contribution >= 4 is 39.1 Å². The van der Waals surface area contributed by atoms with Gasteiger partial charge in [-0.2, -0.15) is 0 Å². The maximum Gasteiger partial charge on any atom is 0.263 e. The van der Waals surface area contributed by atoms with E-state index >= 15 is 0 Å². The van der Waals surface area contributed by atoms with Gasteiger partial charge in [-0.15, -0.1) is 11.3 Å². The minimum atomic E-state index is -1.25. The maximum atomic E-state index is 13.0. The fourth-order valence-corrected chi connectivity index (χ4v) is 3.95. The van der Waals surface area contributed by atoms with E-state index in [2.05, 4.69) is 4.98 Å². The number of thiophene rings is 1. The topological polar surface area (TPSA) is 75.0 Å². The molecule has 0 bridgehead atoms. The third-order valence-electron chi connectivity index (χ3n) is 4.23. The molecule has 0 amide bonds. The van der Waals surface area contributed by atoms with Crippen LogP contribution in [-0.2, 0) is 6.54 Å². The van der Waals surface area contributed by atoms with Crippen molar-refractivity contribution in [1.29, 1.82) is 0 Å². The number of fused-ring (bicyclic) bond motifs is 1. The number of hydrogen-bond acceptors (Lipinski definition) is 5. The number of nitrogens with zero attached hydrogens (tertiary/aromatic N) is 2. The Balaban J connectivity index is 1.79. The number of benzene rings is 2. The molecule has 0 spiro atoms. The van der Waals surface area contributed by atoms with E-state index in [9.17, 15) is 14.7 Å². The molecule has 2 heterocycles. The first kappa shape index (κ1) is 17.5. The predicted molar refractivity (Wildman–Crippen MR) is 104 cm³/mol. The highest BCUT2D eigenvalue weighted by molar-refractivity contribution is 7.17. The molecule has 0 aliphatic rings. The number of carbonyl (C=O) groups is 1. The summed E-state index contributed by atoms with van der Waals surface area (Å²) in [5.74, 6) is -1.25. The predicted octanol–water partition coefficient (Wildman–Crippen LogP) is 3.19. The summed E-state index contributed by atoms with van der Waals surface area (Å²) in [6.07, 6.45) is 1.48.